The van der Waals surface area contributed by atoms with Crippen LogP contribution in [-0.4, -0.2) is 16.2 Å². The molecule has 0 atom stereocenters. The summed E-state index contributed by atoms with van der Waals surface area (Å²) >= 11 is 6.23. The Hall–Kier alpha value is -2.50. The van der Waals surface area contributed by atoms with E-state index < -0.39 is 0 Å². The number of nitrogens with two attached hydrogens (primary N) is 1. The van der Waals surface area contributed by atoms with Gasteiger partial charge in [-0.3, -0.25) is 4.57 Å². The maximum atomic E-state index is 12.1. The van der Waals surface area contributed by atoms with Crippen LogP contribution in [0.25, 0.3) is 11.1 Å². The lowest BCUT2D eigenvalue weighted by Gasteiger charge is -2.11. The van der Waals surface area contributed by atoms with Crippen molar-refractivity contribution in [2.45, 2.75) is 13.0 Å². The monoisotopic (exact) mass is 391 g/mol. The van der Waals surface area contributed by atoms with Crippen LogP contribution in [0.3, 0.4) is 0 Å². The summed E-state index contributed by atoms with van der Waals surface area (Å²) in [6.07, 6.45) is 2.37. The fraction of sp³-hybridized carbons (Fsp3) is 0.158. The summed E-state index contributed by atoms with van der Waals surface area (Å²) in [6.45, 7) is 0.985. The highest BCUT2D eigenvalue weighted by molar-refractivity contribution is 6.33. The quantitative estimate of drug-likeness (QED) is 0.643. The van der Waals surface area contributed by atoms with Gasteiger partial charge in [-0.05, 0) is 24.6 Å². The van der Waals surface area contributed by atoms with E-state index in [1.807, 2.05) is 48.5 Å². The fourth-order valence-corrected chi connectivity index (χ4v) is 2.73. The van der Waals surface area contributed by atoms with Crippen molar-refractivity contribution in [1.29, 1.82) is 0 Å². The first-order chi connectivity index (χ1) is 12.1. The van der Waals surface area contributed by atoms with E-state index in [9.17, 15) is 4.79 Å². The van der Waals surface area contributed by atoms with Gasteiger partial charge < -0.3 is 10.5 Å². The van der Waals surface area contributed by atoms with Crippen LogP contribution in [0.1, 0.15) is 6.42 Å². The second-order valence-corrected chi connectivity index (χ2v) is 5.92. The molecular weight excluding hydrogens is 373 g/mol. The first kappa shape index (κ1) is 19.8. The van der Waals surface area contributed by atoms with Crippen molar-refractivity contribution in [3.05, 3.63) is 76.3 Å². The standard InChI is InChI=1S/C19H18ClN3O2.ClH/c20-17-10-5-4-9-15(17)16-13-23(19(24)22-18(16)21)11-6-12-25-14-7-2-1-3-8-14;/h1-5,7-10,13H,6,11-12H2,(H2,21,22,24);1H. The van der Waals surface area contributed by atoms with Gasteiger partial charge in [0.25, 0.3) is 0 Å². The zero-order chi connectivity index (χ0) is 17.6. The SMILES string of the molecule is Cl.Nc1nc(=O)n(CCCOc2ccccc2)cc1-c1ccccc1Cl. The van der Waals surface area contributed by atoms with E-state index in [-0.39, 0.29) is 23.9 Å². The Morgan fingerprint density at radius 1 is 1.04 bits per heavy atom. The van der Waals surface area contributed by atoms with Gasteiger partial charge in [-0.15, -0.1) is 12.4 Å². The molecule has 3 aromatic rings. The predicted molar refractivity (Wildman–Crippen MR) is 107 cm³/mol. The molecule has 0 unspecified atom stereocenters. The number of halogens is 2. The topological polar surface area (TPSA) is 70.1 Å². The molecule has 2 N–H and O–H groups in total. The molecule has 1 aromatic heterocycles. The third kappa shape index (κ3) is 4.77. The minimum Gasteiger partial charge on any atom is -0.494 e. The molecular formula is C19H19Cl2N3O2. The van der Waals surface area contributed by atoms with Crippen molar-refractivity contribution in [1.82, 2.24) is 9.55 Å². The van der Waals surface area contributed by atoms with Crippen molar-refractivity contribution >= 4 is 29.8 Å². The molecule has 0 aliphatic heterocycles. The molecule has 3 rings (SSSR count). The van der Waals surface area contributed by atoms with Gasteiger partial charge in [-0.25, -0.2) is 4.79 Å². The number of hydrogen-bond acceptors (Lipinski definition) is 4. The molecule has 0 radical (unpaired) electrons. The molecule has 2 aromatic carbocycles. The lowest BCUT2D eigenvalue weighted by Crippen LogP contribution is -2.25. The number of ether oxygens (including phenoxy) is 1. The zero-order valence-corrected chi connectivity index (χ0v) is 15.5. The number of rotatable bonds is 6. The van der Waals surface area contributed by atoms with Crippen LogP contribution in [0.5, 0.6) is 5.75 Å². The van der Waals surface area contributed by atoms with Crippen molar-refractivity contribution in [3.8, 4) is 16.9 Å². The number of nitrogens with zero attached hydrogens (tertiary/aromatic N) is 2. The molecule has 0 bridgehead atoms. The number of aromatic nitrogens is 2. The van der Waals surface area contributed by atoms with E-state index in [0.29, 0.717) is 30.2 Å². The van der Waals surface area contributed by atoms with Crippen molar-refractivity contribution < 1.29 is 4.74 Å². The molecule has 0 spiro atoms. The van der Waals surface area contributed by atoms with Gasteiger partial charge >= 0.3 is 5.69 Å². The third-order valence-electron chi connectivity index (χ3n) is 3.74. The number of benzene rings is 2. The van der Waals surface area contributed by atoms with Crippen LogP contribution in [-0.2, 0) is 6.54 Å². The van der Waals surface area contributed by atoms with Crippen LogP contribution in [0.4, 0.5) is 5.82 Å². The molecule has 136 valence electrons. The largest absolute Gasteiger partial charge is 0.494 e. The summed E-state index contributed by atoms with van der Waals surface area (Å²) in [5, 5.41) is 0.564. The number of hydrogen-bond donors (Lipinski definition) is 1. The second-order valence-electron chi connectivity index (χ2n) is 5.51. The Morgan fingerprint density at radius 3 is 2.46 bits per heavy atom. The number of anilines is 1. The molecule has 0 amide bonds. The summed E-state index contributed by atoms with van der Waals surface area (Å²) < 4.78 is 7.17. The highest BCUT2D eigenvalue weighted by Crippen LogP contribution is 2.29. The van der Waals surface area contributed by atoms with Crippen LogP contribution in [0.2, 0.25) is 5.02 Å². The van der Waals surface area contributed by atoms with Gasteiger partial charge in [0.05, 0.1) is 6.61 Å². The molecule has 26 heavy (non-hydrogen) atoms. The Morgan fingerprint density at radius 2 is 1.73 bits per heavy atom. The van der Waals surface area contributed by atoms with Crippen molar-refractivity contribution in [3.63, 3.8) is 0 Å². The van der Waals surface area contributed by atoms with Crippen LogP contribution in [0, 0.1) is 0 Å². The van der Waals surface area contributed by atoms with Crippen molar-refractivity contribution in [2.24, 2.45) is 0 Å². The molecule has 7 heteroatoms. The molecule has 0 saturated carbocycles. The smallest absolute Gasteiger partial charge is 0.349 e. The molecule has 0 saturated heterocycles. The summed E-state index contributed by atoms with van der Waals surface area (Å²) in [6, 6.07) is 16.9. The molecule has 1 heterocycles. The van der Waals surface area contributed by atoms with Gasteiger partial charge in [0.2, 0.25) is 0 Å². The van der Waals surface area contributed by atoms with Crippen LogP contribution in [0.15, 0.2) is 65.6 Å². The second kappa shape index (κ2) is 9.27. The molecule has 0 aliphatic rings. The van der Waals surface area contributed by atoms with E-state index in [1.165, 1.54) is 4.57 Å². The average Bonchev–Trinajstić information content (AvgIpc) is 2.62. The van der Waals surface area contributed by atoms with Gasteiger partial charge in [0.1, 0.15) is 11.6 Å². The summed E-state index contributed by atoms with van der Waals surface area (Å²) in [5.41, 5.74) is 6.93. The normalized spacial score (nSPS) is 10.2. The maximum absolute atomic E-state index is 12.1. The minimum absolute atomic E-state index is 0. The van der Waals surface area contributed by atoms with Gasteiger partial charge in [-0.2, -0.15) is 4.98 Å². The van der Waals surface area contributed by atoms with E-state index in [0.717, 1.165) is 11.3 Å². The van der Waals surface area contributed by atoms with Gasteiger partial charge in [0, 0.05) is 28.9 Å². The number of para-hydroxylation sites is 1. The van der Waals surface area contributed by atoms with Gasteiger partial charge in [0.15, 0.2) is 0 Å². The lowest BCUT2D eigenvalue weighted by molar-refractivity contribution is 0.300. The van der Waals surface area contributed by atoms with Crippen LogP contribution >= 0.6 is 24.0 Å². The zero-order valence-electron chi connectivity index (χ0n) is 14.0. The summed E-state index contributed by atoms with van der Waals surface area (Å²) in [7, 11) is 0. The molecule has 0 aliphatic carbocycles. The van der Waals surface area contributed by atoms with Gasteiger partial charge in [-0.1, -0.05) is 48.0 Å². The fourth-order valence-electron chi connectivity index (χ4n) is 2.49. The third-order valence-corrected chi connectivity index (χ3v) is 4.07. The Bertz CT molecular complexity index is 914. The molecule has 0 fully saturated rings. The first-order valence-corrected chi connectivity index (χ1v) is 8.32. The van der Waals surface area contributed by atoms with E-state index >= 15 is 0 Å². The highest BCUT2D eigenvalue weighted by Gasteiger charge is 2.11. The minimum atomic E-state index is -0.381. The number of aryl methyl sites for hydroxylation is 1. The average molecular weight is 392 g/mol. The van der Waals surface area contributed by atoms with E-state index in [2.05, 4.69) is 4.98 Å². The Labute approximate surface area is 162 Å². The lowest BCUT2D eigenvalue weighted by atomic mass is 10.1. The Kier molecular flexibility index (Phi) is 7.06. The van der Waals surface area contributed by atoms with Crippen LogP contribution < -0.4 is 16.2 Å². The summed E-state index contributed by atoms with van der Waals surface area (Å²) in [5.74, 6) is 0.983. The highest BCUT2D eigenvalue weighted by atomic mass is 35.5. The predicted octanol–water partition coefficient (Wildman–Crippen LogP) is 4.04. The number of nitrogen functional groups attached to an aromatic ring is 1. The van der Waals surface area contributed by atoms with E-state index in [1.54, 1.807) is 12.3 Å². The first-order valence-electron chi connectivity index (χ1n) is 7.95. The van der Waals surface area contributed by atoms with E-state index in [4.69, 9.17) is 22.1 Å². The summed E-state index contributed by atoms with van der Waals surface area (Å²) in [4.78, 5) is 16.0. The van der Waals surface area contributed by atoms with Crippen molar-refractivity contribution in [2.75, 3.05) is 12.3 Å². The molecule has 5 nitrogen and oxygen atoms in total. The maximum Gasteiger partial charge on any atom is 0.349 e. The Balaban J connectivity index is 0.00000243.